The van der Waals surface area contributed by atoms with Crippen molar-refractivity contribution in [3.8, 4) is 11.3 Å². The van der Waals surface area contributed by atoms with Crippen LogP contribution in [0.1, 0.15) is 10.5 Å². The number of carbonyl (C=O) groups excluding carboxylic acids is 1. The number of nitrogens with one attached hydrogen (secondary N) is 2. The number of benzene rings is 1. The lowest BCUT2D eigenvalue weighted by molar-refractivity contribution is 0.0821. The van der Waals surface area contributed by atoms with E-state index in [9.17, 15) is 9.59 Å². The molecule has 0 saturated heterocycles. The lowest BCUT2D eigenvalue weighted by Crippen LogP contribution is -2.23. The summed E-state index contributed by atoms with van der Waals surface area (Å²) in [7, 11) is 3.31. The second kappa shape index (κ2) is 4.86. The first kappa shape index (κ1) is 13.0. The van der Waals surface area contributed by atoms with E-state index in [1.807, 2.05) is 12.1 Å². The van der Waals surface area contributed by atoms with Crippen LogP contribution in [0.5, 0.6) is 0 Å². The maximum Gasteiger partial charge on any atom is 0.323 e. The first-order valence-corrected chi connectivity index (χ1v) is 6.31. The Morgan fingerprint density at radius 3 is 2.76 bits per heavy atom. The highest BCUT2D eigenvalue weighted by Gasteiger charge is 2.13. The van der Waals surface area contributed by atoms with Crippen LogP contribution >= 0.6 is 0 Å². The van der Waals surface area contributed by atoms with Crippen LogP contribution in [0.3, 0.4) is 0 Å². The summed E-state index contributed by atoms with van der Waals surface area (Å²) >= 11 is 0. The quantitative estimate of drug-likeness (QED) is 0.734. The van der Waals surface area contributed by atoms with Gasteiger partial charge in [-0.2, -0.15) is 0 Å². The molecule has 7 heteroatoms. The molecule has 1 amide bonds. The number of aromatic nitrogens is 4. The number of hydrogen-bond donors (Lipinski definition) is 2. The van der Waals surface area contributed by atoms with Gasteiger partial charge in [0.15, 0.2) is 0 Å². The molecule has 21 heavy (non-hydrogen) atoms. The van der Waals surface area contributed by atoms with Crippen LogP contribution in [0.2, 0.25) is 0 Å². The number of para-hydroxylation sites is 1. The van der Waals surface area contributed by atoms with E-state index in [4.69, 9.17) is 0 Å². The van der Waals surface area contributed by atoms with E-state index in [0.717, 1.165) is 0 Å². The van der Waals surface area contributed by atoms with Gasteiger partial charge in [0.1, 0.15) is 5.69 Å². The minimum Gasteiger partial charge on any atom is -0.343 e. The van der Waals surface area contributed by atoms with Gasteiger partial charge in [-0.1, -0.05) is 12.1 Å². The smallest absolute Gasteiger partial charge is 0.323 e. The molecule has 3 rings (SSSR count). The van der Waals surface area contributed by atoms with E-state index >= 15 is 0 Å². The van der Waals surface area contributed by atoms with Crippen molar-refractivity contribution in [3.63, 3.8) is 0 Å². The van der Waals surface area contributed by atoms with Gasteiger partial charge in [-0.05, 0) is 6.07 Å². The summed E-state index contributed by atoms with van der Waals surface area (Å²) in [6, 6.07) is 5.42. The number of nitrogens with zero attached hydrogens (tertiary/aromatic N) is 3. The van der Waals surface area contributed by atoms with E-state index in [-0.39, 0.29) is 17.3 Å². The Bertz CT molecular complexity index is 878. The van der Waals surface area contributed by atoms with Gasteiger partial charge in [0.25, 0.3) is 5.91 Å². The van der Waals surface area contributed by atoms with Crippen molar-refractivity contribution in [3.05, 3.63) is 46.8 Å². The van der Waals surface area contributed by atoms with Crippen molar-refractivity contribution in [2.75, 3.05) is 14.1 Å². The Hall–Kier alpha value is -2.96. The summed E-state index contributed by atoms with van der Waals surface area (Å²) in [5.41, 5.74) is 2.54. The predicted octanol–water partition coefficient (Wildman–Crippen LogP) is 1.01. The van der Waals surface area contributed by atoms with Crippen LogP contribution in [0.4, 0.5) is 0 Å². The van der Waals surface area contributed by atoms with Crippen LogP contribution in [0.15, 0.2) is 35.4 Å². The molecular weight excluding hydrogens is 270 g/mol. The number of carbonyl (C=O) groups is 1. The summed E-state index contributed by atoms with van der Waals surface area (Å²) in [6.07, 6.45) is 2.98. The minimum absolute atomic E-state index is 0.223. The Kier molecular flexibility index (Phi) is 3.02. The largest absolute Gasteiger partial charge is 0.343 e. The Morgan fingerprint density at radius 2 is 2.00 bits per heavy atom. The van der Waals surface area contributed by atoms with Crippen LogP contribution in [-0.2, 0) is 0 Å². The molecule has 0 bridgehead atoms. The fraction of sp³-hybridized carbons (Fsp3) is 0.143. The molecule has 0 atom stereocenters. The number of H-pyrrole nitrogens is 2. The number of rotatable bonds is 2. The van der Waals surface area contributed by atoms with Crippen molar-refractivity contribution in [1.29, 1.82) is 0 Å². The highest BCUT2D eigenvalue weighted by molar-refractivity contribution is 5.94. The third-order valence-electron chi connectivity index (χ3n) is 3.09. The molecule has 0 fully saturated rings. The van der Waals surface area contributed by atoms with Crippen LogP contribution < -0.4 is 5.69 Å². The van der Waals surface area contributed by atoms with Crippen molar-refractivity contribution < 1.29 is 4.79 Å². The number of hydrogen-bond acceptors (Lipinski definition) is 4. The summed E-state index contributed by atoms with van der Waals surface area (Å²) in [5.74, 6) is -0.223. The van der Waals surface area contributed by atoms with Gasteiger partial charge in [-0.15, -0.1) is 0 Å². The molecule has 1 aromatic carbocycles. The molecule has 106 valence electrons. The van der Waals surface area contributed by atoms with Crippen molar-refractivity contribution in [1.82, 2.24) is 24.8 Å². The summed E-state index contributed by atoms with van der Waals surface area (Å²) in [4.78, 5) is 38.6. The second-order valence-electron chi connectivity index (χ2n) is 4.80. The number of imidazole rings is 1. The molecule has 2 aromatic heterocycles. The Labute approximate surface area is 119 Å². The maximum absolute atomic E-state index is 12.0. The number of amides is 1. The van der Waals surface area contributed by atoms with Gasteiger partial charge in [-0.25, -0.2) is 9.78 Å². The maximum atomic E-state index is 12.0. The molecule has 0 aliphatic heterocycles. The molecule has 2 N–H and O–H groups in total. The van der Waals surface area contributed by atoms with Crippen molar-refractivity contribution in [2.24, 2.45) is 0 Å². The van der Waals surface area contributed by atoms with Crippen molar-refractivity contribution >= 4 is 16.9 Å². The predicted molar refractivity (Wildman–Crippen MR) is 78.0 cm³/mol. The molecule has 0 spiro atoms. The molecule has 3 aromatic rings. The highest BCUT2D eigenvalue weighted by atomic mass is 16.2. The monoisotopic (exact) mass is 283 g/mol. The molecule has 0 saturated carbocycles. The number of aromatic amines is 2. The van der Waals surface area contributed by atoms with Gasteiger partial charge < -0.3 is 14.9 Å². The average Bonchev–Trinajstić information content (AvgIpc) is 2.86. The lowest BCUT2D eigenvalue weighted by atomic mass is 10.1. The SMILES string of the molecule is CN(C)C(=O)c1cncc(-c2cccc3[nH]c(=O)[nH]c23)n1. The third kappa shape index (κ3) is 2.29. The zero-order chi connectivity index (χ0) is 15.0. The van der Waals surface area contributed by atoms with Crippen LogP contribution in [0, 0.1) is 0 Å². The molecular formula is C14H13N5O2. The zero-order valence-corrected chi connectivity index (χ0v) is 11.5. The minimum atomic E-state index is -0.286. The van der Waals surface area contributed by atoms with E-state index in [0.29, 0.717) is 22.3 Å². The zero-order valence-electron chi connectivity index (χ0n) is 11.5. The van der Waals surface area contributed by atoms with E-state index in [1.165, 1.54) is 11.1 Å². The van der Waals surface area contributed by atoms with Gasteiger partial charge in [0, 0.05) is 19.7 Å². The highest BCUT2D eigenvalue weighted by Crippen LogP contribution is 2.23. The first-order valence-electron chi connectivity index (χ1n) is 6.31. The summed E-state index contributed by atoms with van der Waals surface area (Å²) in [6.45, 7) is 0. The van der Waals surface area contributed by atoms with Gasteiger partial charge >= 0.3 is 5.69 Å². The first-order chi connectivity index (χ1) is 10.1. The molecule has 0 aliphatic rings. The van der Waals surface area contributed by atoms with Gasteiger partial charge in [0.05, 0.1) is 29.1 Å². The van der Waals surface area contributed by atoms with Gasteiger partial charge in [-0.3, -0.25) is 9.78 Å². The molecule has 2 heterocycles. The van der Waals surface area contributed by atoms with E-state index in [1.54, 1.807) is 26.4 Å². The number of fused-ring (bicyclic) bond motifs is 1. The fourth-order valence-electron chi connectivity index (χ4n) is 2.10. The second-order valence-corrected chi connectivity index (χ2v) is 4.80. The molecule has 7 nitrogen and oxygen atoms in total. The van der Waals surface area contributed by atoms with Crippen LogP contribution in [0.25, 0.3) is 22.3 Å². The molecule has 0 unspecified atom stereocenters. The summed E-state index contributed by atoms with van der Waals surface area (Å²) < 4.78 is 0. The average molecular weight is 283 g/mol. The lowest BCUT2D eigenvalue weighted by Gasteiger charge is -2.10. The third-order valence-corrected chi connectivity index (χ3v) is 3.09. The van der Waals surface area contributed by atoms with E-state index < -0.39 is 0 Å². The fourth-order valence-corrected chi connectivity index (χ4v) is 2.10. The Balaban J connectivity index is 2.17. The Morgan fingerprint density at radius 1 is 1.19 bits per heavy atom. The van der Waals surface area contributed by atoms with Crippen LogP contribution in [-0.4, -0.2) is 44.8 Å². The molecule has 0 radical (unpaired) electrons. The van der Waals surface area contributed by atoms with Gasteiger partial charge in [0.2, 0.25) is 0 Å². The van der Waals surface area contributed by atoms with Crippen molar-refractivity contribution in [2.45, 2.75) is 0 Å². The molecule has 0 aliphatic carbocycles. The standard InChI is InChI=1S/C14H13N5O2/c1-19(2)13(20)11-7-15-6-10(16-11)8-4-3-5-9-12(8)18-14(21)17-9/h3-7H,1-2H3,(H2,17,18,21). The van der Waals surface area contributed by atoms with E-state index in [2.05, 4.69) is 19.9 Å². The summed E-state index contributed by atoms with van der Waals surface area (Å²) in [5, 5.41) is 0. The normalized spacial score (nSPS) is 10.8. The topological polar surface area (TPSA) is 94.7 Å².